The van der Waals surface area contributed by atoms with Crippen molar-refractivity contribution in [2.75, 3.05) is 12.4 Å². The van der Waals surface area contributed by atoms with Crippen LogP contribution in [0.25, 0.3) is 21.9 Å². The molecule has 3 aromatic carbocycles. The first-order valence-electron chi connectivity index (χ1n) is 9.25. The van der Waals surface area contributed by atoms with Gasteiger partial charge in [0.05, 0.1) is 18.2 Å². The number of amides is 1. The second kappa shape index (κ2) is 8.05. The topological polar surface area (TPSA) is 68.5 Å². The minimum atomic E-state index is -0.579. The Morgan fingerprint density at radius 2 is 1.70 bits per heavy atom. The third-order valence-corrected chi connectivity index (χ3v) is 5.03. The molecule has 0 radical (unpaired) electrons. The molecule has 0 saturated carbocycles. The van der Waals surface area contributed by atoms with Crippen LogP contribution in [0.15, 0.2) is 75.9 Å². The van der Waals surface area contributed by atoms with Crippen LogP contribution in [0.4, 0.5) is 5.69 Å². The molecule has 4 aromatic rings. The summed E-state index contributed by atoms with van der Waals surface area (Å²) in [6.45, 7) is 1.98. The van der Waals surface area contributed by atoms with E-state index in [2.05, 4.69) is 5.32 Å². The van der Waals surface area contributed by atoms with Crippen LogP contribution in [0.3, 0.4) is 0 Å². The van der Waals surface area contributed by atoms with E-state index in [4.69, 9.17) is 20.8 Å². The molecule has 1 amide bonds. The van der Waals surface area contributed by atoms with Gasteiger partial charge in [0.15, 0.2) is 0 Å². The van der Waals surface area contributed by atoms with E-state index in [9.17, 15) is 9.59 Å². The molecule has 0 unspecified atom stereocenters. The Hall–Kier alpha value is -3.57. The Morgan fingerprint density at radius 1 is 1.00 bits per heavy atom. The van der Waals surface area contributed by atoms with Gasteiger partial charge in [0, 0.05) is 16.0 Å². The minimum Gasteiger partial charge on any atom is -0.495 e. The molecule has 0 aliphatic rings. The van der Waals surface area contributed by atoms with Crippen molar-refractivity contribution in [2.45, 2.75) is 6.92 Å². The van der Waals surface area contributed by atoms with Gasteiger partial charge < -0.3 is 14.5 Å². The number of methoxy groups -OCH3 is 1. The molecule has 0 spiro atoms. The van der Waals surface area contributed by atoms with Crippen molar-refractivity contribution in [1.82, 2.24) is 0 Å². The first-order chi connectivity index (χ1) is 14.5. The van der Waals surface area contributed by atoms with E-state index < -0.39 is 11.5 Å². The van der Waals surface area contributed by atoms with E-state index in [0.717, 1.165) is 11.1 Å². The van der Waals surface area contributed by atoms with E-state index in [0.29, 0.717) is 32.8 Å². The van der Waals surface area contributed by atoms with Crippen LogP contribution in [-0.2, 0) is 0 Å². The summed E-state index contributed by atoms with van der Waals surface area (Å²) in [6.07, 6.45) is 0. The second-order valence-corrected chi connectivity index (χ2v) is 7.24. The highest BCUT2D eigenvalue weighted by Gasteiger charge is 2.22. The third-order valence-electron chi connectivity index (χ3n) is 4.79. The summed E-state index contributed by atoms with van der Waals surface area (Å²) in [7, 11) is 1.49. The zero-order valence-electron chi connectivity index (χ0n) is 16.4. The molecule has 1 aromatic heterocycles. The standard InChI is InChI=1S/C24H18ClNO4/c1-14-7-9-15(10-8-14)21-17-5-3-4-6-18(17)24(28)30-22(21)23(27)26-19-13-16(25)11-12-20(19)29-2/h3-13H,1-2H3,(H,26,27). The number of carbonyl (C=O) groups is 1. The lowest BCUT2D eigenvalue weighted by Gasteiger charge is -2.14. The van der Waals surface area contributed by atoms with Crippen molar-refractivity contribution in [1.29, 1.82) is 0 Å². The molecule has 0 atom stereocenters. The zero-order chi connectivity index (χ0) is 21.3. The van der Waals surface area contributed by atoms with Gasteiger partial charge in [0.1, 0.15) is 5.75 Å². The fourth-order valence-corrected chi connectivity index (χ4v) is 3.50. The van der Waals surface area contributed by atoms with Gasteiger partial charge in [0.25, 0.3) is 5.91 Å². The van der Waals surface area contributed by atoms with Crippen LogP contribution in [0, 0.1) is 6.92 Å². The molecule has 1 heterocycles. The number of fused-ring (bicyclic) bond motifs is 1. The van der Waals surface area contributed by atoms with Gasteiger partial charge >= 0.3 is 5.63 Å². The largest absolute Gasteiger partial charge is 0.495 e. The SMILES string of the molecule is COc1ccc(Cl)cc1NC(=O)c1oc(=O)c2ccccc2c1-c1ccc(C)cc1. The molecule has 0 bridgehead atoms. The molecular formula is C24H18ClNO4. The smallest absolute Gasteiger partial charge is 0.344 e. The first-order valence-corrected chi connectivity index (χ1v) is 9.63. The third kappa shape index (κ3) is 3.67. The summed E-state index contributed by atoms with van der Waals surface area (Å²) in [5.74, 6) is -0.216. The van der Waals surface area contributed by atoms with Crippen LogP contribution in [0.2, 0.25) is 5.02 Å². The number of benzene rings is 3. The molecular weight excluding hydrogens is 402 g/mol. The highest BCUT2D eigenvalue weighted by molar-refractivity contribution is 6.31. The van der Waals surface area contributed by atoms with Crippen molar-refractivity contribution in [3.05, 3.63) is 93.5 Å². The maximum absolute atomic E-state index is 13.2. The summed E-state index contributed by atoms with van der Waals surface area (Å²) >= 11 is 6.07. The van der Waals surface area contributed by atoms with Crippen LogP contribution in [0.1, 0.15) is 16.1 Å². The molecule has 150 valence electrons. The summed E-state index contributed by atoms with van der Waals surface area (Å²) in [4.78, 5) is 25.8. The van der Waals surface area contributed by atoms with E-state index in [1.54, 1.807) is 36.4 Å². The number of ether oxygens (including phenoxy) is 1. The molecule has 0 fully saturated rings. The number of anilines is 1. The van der Waals surface area contributed by atoms with Gasteiger partial charge in [-0.25, -0.2) is 4.79 Å². The van der Waals surface area contributed by atoms with Gasteiger partial charge in [-0.1, -0.05) is 59.6 Å². The number of halogens is 1. The van der Waals surface area contributed by atoms with Crippen LogP contribution >= 0.6 is 11.6 Å². The molecule has 0 aliphatic heterocycles. The zero-order valence-corrected chi connectivity index (χ0v) is 17.1. The molecule has 0 aliphatic carbocycles. The van der Waals surface area contributed by atoms with E-state index in [-0.39, 0.29) is 5.76 Å². The maximum Gasteiger partial charge on any atom is 0.344 e. The highest BCUT2D eigenvalue weighted by Crippen LogP contribution is 2.33. The number of nitrogens with one attached hydrogen (secondary N) is 1. The van der Waals surface area contributed by atoms with E-state index in [1.807, 2.05) is 37.3 Å². The Labute approximate surface area is 177 Å². The Balaban J connectivity index is 1.91. The predicted octanol–water partition coefficient (Wildman–Crippen LogP) is 5.68. The van der Waals surface area contributed by atoms with Crippen LogP contribution in [-0.4, -0.2) is 13.0 Å². The molecule has 1 N–H and O–H groups in total. The normalized spacial score (nSPS) is 10.8. The average Bonchev–Trinajstić information content (AvgIpc) is 2.75. The molecule has 6 heteroatoms. The summed E-state index contributed by atoms with van der Waals surface area (Å²) < 4.78 is 10.8. The number of aryl methyl sites for hydroxylation is 1. The van der Waals surface area contributed by atoms with Gasteiger partial charge in [0.2, 0.25) is 5.76 Å². The Kier molecular flexibility index (Phi) is 5.29. The van der Waals surface area contributed by atoms with Gasteiger partial charge in [-0.15, -0.1) is 0 Å². The van der Waals surface area contributed by atoms with Gasteiger partial charge in [-0.3, -0.25) is 4.79 Å². The molecule has 30 heavy (non-hydrogen) atoms. The van der Waals surface area contributed by atoms with Gasteiger partial charge in [-0.2, -0.15) is 0 Å². The first kappa shape index (κ1) is 19.7. The number of carbonyl (C=O) groups excluding carboxylic acids is 1. The van der Waals surface area contributed by atoms with Crippen LogP contribution < -0.4 is 15.7 Å². The molecule has 0 saturated heterocycles. The lowest BCUT2D eigenvalue weighted by molar-refractivity contribution is 0.0993. The van der Waals surface area contributed by atoms with Crippen molar-refractivity contribution in [2.24, 2.45) is 0 Å². The Morgan fingerprint density at radius 3 is 2.40 bits per heavy atom. The lowest BCUT2D eigenvalue weighted by atomic mass is 9.97. The molecule has 4 rings (SSSR count). The predicted molar refractivity (Wildman–Crippen MR) is 119 cm³/mol. The number of rotatable bonds is 4. The fraction of sp³-hybridized carbons (Fsp3) is 0.0833. The van der Waals surface area contributed by atoms with Crippen molar-refractivity contribution < 1.29 is 13.9 Å². The summed E-state index contributed by atoms with van der Waals surface area (Å²) in [6, 6.07) is 19.6. The number of hydrogen-bond donors (Lipinski definition) is 1. The monoisotopic (exact) mass is 419 g/mol. The fourth-order valence-electron chi connectivity index (χ4n) is 3.32. The van der Waals surface area contributed by atoms with E-state index >= 15 is 0 Å². The average molecular weight is 420 g/mol. The maximum atomic E-state index is 13.2. The summed E-state index contributed by atoms with van der Waals surface area (Å²) in [5, 5.41) is 4.23. The number of hydrogen-bond acceptors (Lipinski definition) is 4. The Bertz CT molecular complexity index is 1310. The van der Waals surface area contributed by atoms with Crippen molar-refractivity contribution in [3.63, 3.8) is 0 Å². The van der Waals surface area contributed by atoms with Crippen molar-refractivity contribution >= 4 is 34.0 Å². The lowest BCUT2D eigenvalue weighted by Crippen LogP contribution is -2.17. The van der Waals surface area contributed by atoms with Crippen LogP contribution in [0.5, 0.6) is 5.75 Å². The summed E-state index contributed by atoms with van der Waals surface area (Å²) in [5.41, 5.74) is 2.19. The molecule has 5 nitrogen and oxygen atoms in total. The van der Waals surface area contributed by atoms with E-state index in [1.165, 1.54) is 7.11 Å². The van der Waals surface area contributed by atoms with Gasteiger partial charge in [-0.05, 0) is 36.8 Å². The second-order valence-electron chi connectivity index (χ2n) is 6.80. The minimum absolute atomic E-state index is 0.0791. The highest BCUT2D eigenvalue weighted by atomic mass is 35.5. The quantitative estimate of drug-likeness (QED) is 0.462. The van der Waals surface area contributed by atoms with Crippen molar-refractivity contribution in [3.8, 4) is 16.9 Å².